The normalized spacial score (nSPS) is 48.0. The Hall–Kier alpha value is 0.390. The predicted molar refractivity (Wildman–Crippen MR) is 46.6 cm³/mol. The Morgan fingerprint density at radius 3 is 2.80 bits per heavy atom. The lowest BCUT2D eigenvalue weighted by Gasteiger charge is -2.31. The Kier molecular flexibility index (Phi) is 1.74. The molecule has 0 aromatic heterocycles. The predicted octanol–water partition coefficient (Wildman–Crippen LogP) is 1.94. The molecule has 2 aliphatic rings. The SMILES string of the molecule is CPN1CC2CC2CC1C. The molecule has 1 saturated carbocycles. The fourth-order valence-corrected chi connectivity index (χ4v) is 3.10. The Bertz CT molecular complexity index is 137. The lowest BCUT2D eigenvalue weighted by atomic mass is 10.1. The van der Waals surface area contributed by atoms with E-state index in [0.717, 1.165) is 26.6 Å². The van der Waals surface area contributed by atoms with Crippen LogP contribution in [0.1, 0.15) is 19.8 Å². The minimum Gasteiger partial charge on any atom is -0.282 e. The van der Waals surface area contributed by atoms with Gasteiger partial charge in [-0.05, 0) is 38.3 Å². The van der Waals surface area contributed by atoms with Crippen LogP contribution in [-0.4, -0.2) is 23.9 Å². The molecule has 1 saturated heterocycles. The Morgan fingerprint density at radius 2 is 2.10 bits per heavy atom. The summed E-state index contributed by atoms with van der Waals surface area (Å²) in [4.78, 5) is 0. The van der Waals surface area contributed by atoms with Crippen LogP contribution in [0.15, 0.2) is 0 Å². The Balaban J connectivity index is 1.94. The summed E-state index contributed by atoms with van der Waals surface area (Å²) in [6.07, 6.45) is 3.01. The number of hydrogen-bond donors (Lipinski definition) is 0. The molecule has 0 radical (unpaired) electrons. The van der Waals surface area contributed by atoms with Crippen LogP contribution in [0, 0.1) is 11.8 Å². The second-order valence-corrected chi connectivity index (χ2v) is 4.74. The van der Waals surface area contributed by atoms with E-state index in [0.29, 0.717) is 0 Å². The van der Waals surface area contributed by atoms with Gasteiger partial charge < -0.3 is 0 Å². The molecular formula is C8H16NP. The van der Waals surface area contributed by atoms with Crippen LogP contribution < -0.4 is 0 Å². The van der Waals surface area contributed by atoms with Crippen LogP contribution in [0.2, 0.25) is 0 Å². The van der Waals surface area contributed by atoms with Gasteiger partial charge in [0.2, 0.25) is 0 Å². The highest BCUT2D eigenvalue weighted by Gasteiger charge is 2.43. The van der Waals surface area contributed by atoms with Crippen LogP contribution in [0.3, 0.4) is 0 Å². The van der Waals surface area contributed by atoms with Gasteiger partial charge in [0.05, 0.1) is 0 Å². The van der Waals surface area contributed by atoms with Crippen molar-refractivity contribution in [2.45, 2.75) is 25.8 Å². The second-order valence-electron chi connectivity index (χ2n) is 3.72. The molecule has 1 aliphatic carbocycles. The third-order valence-corrected chi connectivity index (χ3v) is 4.16. The van der Waals surface area contributed by atoms with Crippen LogP contribution >= 0.6 is 8.73 Å². The zero-order valence-corrected chi connectivity index (χ0v) is 7.80. The van der Waals surface area contributed by atoms with E-state index < -0.39 is 0 Å². The van der Waals surface area contributed by atoms with Crippen LogP contribution in [0.25, 0.3) is 0 Å². The van der Waals surface area contributed by atoms with E-state index in [1.165, 1.54) is 19.4 Å². The van der Waals surface area contributed by atoms with Crippen molar-refractivity contribution in [3.63, 3.8) is 0 Å². The standard InChI is InChI=1S/C8H16NP/c1-6-3-7-4-8(7)5-9(6)10-2/h6-8,10H,3-5H2,1-2H3. The van der Waals surface area contributed by atoms with E-state index in [9.17, 15) is 0 Å². The summed E-state index contributed by atoms with van der Waals surface area (Å²) in [6, 6.07) is 0.882. The third-order valence-electron chi connectivity index (χ3n) is 2.96. The van der Waals surface area contributed by atoms with Crippen molar-refractivity contribution >= 4 is 8.73 Å². The fourth-order valence-electron chi connectivity index (χ4n) is 2.13. The molecule has 2 heteroatoms. The van der Waals surface area contributed by atoms with E-state index >= 15 is 0 Å². The molecule has 0 spiro atoms. The van der Waals surface area contributed by atoms with Crippen molar-refractivity contribution in [3.8, 4) is 0 Å². The summed E-state index contributed by atoms with van der Waals surface area (Å²) in [5.41, 5.74) is 0. The quantitative estimate of drug-likeness (QED) is 0.526. The molecule has 58 valence electrons. The maximum absolute atomic E-state index is 2.65. The van der Waals surface area contributed by atoms with E-state index in [-0.39, 0.29) is 0 Å². The van der Waals surface area contributed by atoms with Crippen molar-refractivity contribution in [2.75, 3.05) is 13.2 Å². The lowest BCUT2D eigenvalue weighted by Crippen LogP contribution is -2.32. The average Bonchev–Trinajstić information content (AvgIpc) is 2.64. The number of rotatable bonds is 1. The molecule has 2 rings (SSSR count). The summed E-state index contributed by atoms with van der Waals surface area (Å²) in [6.45, 7) is 6.09. The Morgan fingerprint density at radius 1 is 1.30 bits per heavy atom. The van der Waals surface area contributed by atoms with Crippen molar-refractivity contribution in [3.05, 3.63) is 0 Å². The molecule has 1 heterocycles. The number of fused-ring (bicyclic) bond motifs is 1. The monoisotopic (exact) mass is 157 g/mol. The number of nitrogens with zero attached hydrogens (tertiary/aromatic N) is 1. The molecule has 0 aromatic carbocycles. The van der Waals surface area contributed by atoms with Crippen molar-refractivity contribution in [2.24, 2.45) is 11.8 Å². The van der Waals surface area contributed by atoms with E-state index in [1.54, 1.807) is 0 Å². The van der Waals surface area contributed by atoms with Crippen LogP contribution in [0.4, 0.5) is 0 Å². The summed E-state index contributed by atoms with van der Waals surface area (Å²) in [5, 5.41) is 0. The smallest absolute Gasteiger partial charge is 0.0106 e. The van der Waals surface area contributed by atoms with E-state index in [1.807, 2.05) is 0 Å². The summed E-state index contributed by atoms with van der Waals surface area (Å²) in [5.74, 6) is 2.23. The van der Waals surface area contributed by atoms with Gasteiger partial charge in [0, 0.05) is 12.6 Å². The molecular weight excluding hydrogens is 141 g/mol. The maximum Gasteiger partial charge on any atom is 0.0106 e. The topological polar surface area (TPSA) is 3.24 Å². The highest BCUT2D eigenvalue weighted by Crippen LogP contribution is 2.48. The van der Waals surface area contributed by atoms with Crippen LogP contribution in [-0.2, 0) is 0 Å². The molecule has 1 aliphatic heterocycles. The molecule has 4 unspecified atom stereocenters. The van der Waals surface area contributed by atoms with Gasteiger partial charge >= 0.3 is 0 Å². The average molecular weight is 157 g/mol. The van der Waals surface area contributed by atoms with Gasteiger partial charge in [-0.25, -0.2) is 0 Å². The third kappa shape index (κ3) is 1.10. The fraction of sp³-hybridized carbons (Fsp3) is 1.00. The van der Waals surface area contributed by atoms with Crippen LogP contribution in [0.5, 0.6) is 0 Å². The first kappa shape index (κ1) is 7.06. The van der Waals surface area contributed by atoms with Gasteiger partial charge in [-0.15, -0.1) is 0 Å². The minimum absolute atomic E-state index is 0.882. The van der Waals surface area contributed by atoms with Crippen molar-refractivity contribution in [1.82, 2.24) is 4.67 Å². The van der Waals surface area contributed by atoms with E-state index in [2.05, 4.69) is 18.3 Å². The molecule has 1 nitrogen and oxygen atoms in total. The van der Waals surface area contributed by atoms with Gasteiger partial charge in [0.15, 0.2) is 0 Å². The Labute approximate surface area is 65.0 Å². The number of hydrogen-bond acceptors (Lipinski definition) is 1. The molecule has 10 heavy (non-hydrogen) atoms. The lowest BCUT2D eigenvalue weighted by molar-refractivity contribution is 0.276. The molecule has 0 N–H and O–H groups in total. The first-order valence-corrected chi connectivity index (χ1v) is 5.70. The van der Waals surface area contributed by atoms with Gasteiger partial charge in [0.25, 0.3) is 0 Å². The van der Waals surface area contributed by atoms with Gasteiger partial charge in [0.1, 0.15) is 0 Å². The zero-order chi connectivity index (χ0) is 7.14. The van der Waals surface area contributed by atoms with Crippen molar-refractivity contribution in [1.29, 1.82) is 0 Å². The van der Waals surface area contributed by atoms with Gasteiger partial charge in [-0.3, -0.25) is 4.67 Å². The van der Waals surface area contributed by atoms with Crippen molar-refractivity contribution < 1.29 is 0 Å². The molecule has 0 amide bonds. The van der Waals surface area contributed by atoms with E-state index in [4.69, 9.17) is 0 Å². The highest BCUT2D eigenvalue weighted by molar-refractivity contribution is 7.34. The zero-order valence-electron chi connectivity index (χ0n) is 6.80. The molecule has 4 atom stereocenters. The van der Waals surface area contributed by atoms with Gasteiger partial charge in [-0.2, -0.15) is 0 Å². The minimum atomic E-state index is 0.882. The second kappa shape index (κ2) is 2.46. The number of piperidine rings is 1. The highest BCUT2D eigenvalue weighted by atomic mass is 31.1. The first-order chi connectivity index (χ1) is 4.81. The summed E-state index contributed by atoms with van der Waals surface area (Å²) >= 11 is 0. The first-order valence-electron chi connectivity index (χ1n) is 4.25. The summed E-state index contributed by atoms with van der Waals surface area (Å²) < 4.78 is 2.65. The molecule has 0 aromatic rings. The maximum atomic E-state index is 2.65. The molecule has 2 fully saturated rings. The van der Waals surface area contributed by atoms with Gasteiger partial charge in [-0.1, -0.05) is 8.73 Å². The molecule has 0 bridgehead atoms. The summed E-state index contributed by atoms with van der Waals surface area (Å²) in [7, 11) is 1.03. The largest absolute Gasteiger partial charge is 0.282 e.